The van der Waals surface area contributed by atoms with E-state index in [1.165, 1.54) is 10.6 Å². The maximum Gasteiger partial charge on any atom is 0.333 e. The molecule has 3 rings (SSSR count). The van der Waals surface area contributed by atoms with E-state index in [0.717, 1.165) is 35.5 Å². The molecule has 172 valence electrons. The molecular weight excluding hydrogens is 432 g/mol. The molecule has 1 atom stereocenters. The molecule has 2 aromatic rings. The molecule has 1 aliphatic heterocycles. The number of benzene rings is 1. The van der Waals surface area contributed by atoms with E-state index in [1.54, 1.807) is 13.0 Å². The van der Waals surface area contributed by atoms with Crippen molar-refractivity contribution >= 4 is 35.4 Å². The summed E-state index contributed by atoms with van der Waals surface area (Å²) in [5.41, 5.74) is 0.469. The summed E-state index contributed by atoms with van der Waals surface area (Å²) in [7, 11) is 0. The van der Waals surface area contributed by atoms with E-state index in [4.69, 9.17) is 14.2 Å². The van der Waals surface area contributed by atoms with Crippen molar-refractivity contribution in [2.45, 2.75) is 39.3 Å². The second-order valence-electron chi connectivity index (χ2n) is 7.18. The normalized spacial score (nSPS) is 16.9. The quantitative estimate of drug-likeness (QED) is 0.556. The lowest BCUT2D eigenvalue weighted by atomic mass is 10.2. The lowest BCUT2D eigenvalue weighted by molar-refractivity contribution is -0.135. The number of amides is 1. The number of rotatable bonds is 9. The van der Waals surface area contributed by atoms with E-state index >= 15 is 0 Å². The van der Waals surface area contributed by atoms with Gasteiger partial charge in [0.15, 0.2) is 0 Å². The van der Waals surface area contributed by atoms with E-state index in [1.807, 2.05) is 31.2 Å². The third kappa shape index (κ3) is 6.54. The number of carbonyl (C=O) groups is 2. The van der Waals surface area contributed by atoms with Crippen molar-refractivity contribution in [3.8, 4) is 5.75 Å². The SMILES string of the molecule is CCOC(=O)/C=c1\s/c(=C/c2ccc(OCC)cc2)c(=O)n1CC(=O)NC[C@H]1CCCO1. The standard InChI is InChI=1S/C23H28N2O6S/c1-3-29-17-9-7-16(8-10-17)12-19-23(28)25(21(32-19)13-22(27)30-4-2)15-20(26)24-14-18-6-5-11-31-18/h7-10,12-13,18H,3-6,11,14-15H2,1-2H3,(H,24,26)/b19-12+,21-13-/t18-/m1/s1. The zero-order valence-corrected chi connectivity index (χ0v) is 19.1. The van der Waals surface area contributed by atoms with Crippen molar-refractivity contribution in [1.82, 2.24) is 9.88 Å². The first-order chi connectivity index (χ1) is 15.5. The number of hydrogen-bond acceptors (Lipinski definition) is 7. The van der Waals surface area contributed by atoms with Gasteiger partial charge in [-0.1, -0.05) is 12.1 Å². The van der Waals surface area contributed by atoms with Crippen LogP contribution >= 0.6 is 11.3 Å². The van der Waals surface area contributed by atoms with Gasteiger partial charge in [0.25, 0.3) is 5.56 Å². The molecule has 0 spiro atoms. The van der Waals surface area contributed by atoms with Gasteiger partial charge in [-0.25, -0.2) is 4.79 Å². The summed E-state index contributed by atoms with van der Waals surface area (Å²) >= 11 is 1.14. The maximum absolute atomic E-state index is 13.0. The molecule has 0 unspecified atom stereocenters. The van der Waals surface area contributed by atoms with Gasteiger partial charge in [-0.3, -0.25) is 14.2 Å². The van der Waals surface area contributed by atoms with Crippen LogP contribution < -0.4 is 24.8 Å². The molecular formula is C23H28N2O6S. The molecule has 1 aromatic heterocycles. The zero-order chi connectivity index (χ0) is 22.9. The second-order valence-corrected chi connectivity index (χ2v) is 8.24. The highest BCUT2D eigenvalue weighted by molar-refractivity contribution is 7.07. The number of nitrogens with one attached hydrogen (secondary N) is 1. The number of esters is 1. The van der Waals surface area contributed by atoms with Gasteiger partial charge in [0.1, 0.15) is 17.0 Å². The minimum atomic E-state index is -0.560. The summed E-state index contributed by atoms with van der Waals surface area (Å²) in [5.74, 6) is -0.131. The Labute approximate surface area is 190 Å². The van der Waals surface area contributed by atoms with Gasteiger partial charge in [0.2, 0.25) is 5.91 Å². The predicted octanol–water partition coefficient (Wildman–Crippen LogP) is 0.776. The van der Waals surface area contributed by atoms with Crippen LogP contribution in [-0.4, -0.2) is 48.9 Å². The first kappa shape index (κ1) is 23.7. The van der Waals surface area contributed by atoms with Crippen molar-refractivity contribution in [2.24, 2.45) is 0 Å². The molecule has 1 N–H and O–H groups in total. The Hall–Kier alpha value is -2.91. The molecule has 0 bridgehead atoms. The van der Waals surface area contributed by atoms with Gasteiger partial charge < -0.3 is 19.5 Å². The minimum absolute atomic E-state index is 0.00673. The van der Waals surface area contributed by atoms with Crippen LogP contribution in [0, 0.1) is 0 Å². The Morgan fingerprint density at radius 3 is 2.69 bits per heavy atom. The lowest BCUT2D eigenvalue weighted by Crippen LogP contribution is -2.40. The van der Waals surface area contributed by atoms with Crippen molar-refractivity contribution < 1.29 is 23.8 Å². The van der Waals surface area contributed by atoms with Crippen molar-refractivity contribution in [2.75, 3.05) is 26.4 Å². The predicted molar refractivity (Wildman–Crippen MR) is 122 cm³/mol. The number of thiazole rings is 1. The van der Waals surface area contributed by atoms with Gasteiger partial charge in [0.05, 0.1) is 29.9 Å². The summed E-state index contributed by atoms with van der Waals surface area (Å²) in [6, 6.07) is 7.34. The molecule has 1 amide bonds. The number of nitrogens with zero attached hydrogens (tertiary/aromatic N) is 1. The van der Waals surface area contributed by atoms with Crippen LogP contribution in [0.3, 0.4) is 0 Å². The summed E-state index contributed by atoms with van der Waals surface area (Å²) in [5, 5.41) is 2.81. The summed E-state index contributed by atoms with van der Waals surface area (Å²) in [6.07, 6.45) is 4.87. The Kier molecular flexibility index (Phi) is 8.64. The highest BCUT2D eigenvalue weighted by atomic mass is 32.1. The summed E-state index contributed by atoms with van der Waals surface area (Å²) in [4.78, 5) is 37.5. The summed E-state index contributed by atoms with van der Waals surface area (Å²) in [6.45, 7) is 5.32. The Morgan fingerprint density at radius 1 is 1.25 bits per heavy atom. The highest BCUT2D eigenvalue weighted by Gasteiger charge is 2.17. The monoisotopic (exact) mass is 460 g/mol. The Balaban J connectivity index is 1.88. The number of ether oxygens (including phenoxy) is 3. The number of hydrogen-bond donors (Lipinski definition) is 1. The topological polar surface area (TPSA) is 95.9 Å². The van der Waals surface area contributed by atoms with Crippen molar-refractivity contribution in [3.63, 3.8) is 0 Å². The second kappa shape index (κ2) is 11.6. The molecule has 8 nitrogen and oxygen atoms in total. The van der Waals surface area contributed by atoms with Crippen LogP contribution in [0.2, 0.25) is 0 Å². The first-order valence-electron chi connectivity index (χ1n) is 10.7. The van der Waals surface area contributed by atoms with Crippen LogP contribution in [-0.2, 0) is 25.6 Å². The molecule has 9 heteroatoms. The molecule has 0 saturated carbocycles. The molecule has 1 fully saturated rings. The fourth-order valence-corrected chi connectivity index (χ4v) is 4.32. The van der Waals surface area contributed by atoms with Crippen LogP contribution in [0.15, 0.2) is 29.1 Å². The Bertz CT molecular complexity index is 1100. The smallest absolute Gasteiger partial charge is 0.333 e. The number of carbonyl (C=O) groups excluding carboxylic acids is 2. The maximum atomic E-state index is 13.0. The third-order valence-electron chi connectivity index (χ3n) is 4.81. The molecule has 32 heavy (non-hydrogen) atoms. The molecule has 1 aromatic carbocycles. The molecule has 1 saturated heterocycles. The first-order valence-corrected chi connectivity index (χ1v) is 11.5. The Morgan fingerprint density at radius 2 is 2.03 bits per heavy atom. The highest BCUT2D eigenvalue weighted by Crippen LogP contribution is 2.12. The average molecular weight is 461 g/mol. The fraction of sp³-hybridized carbons (Fsp3) is 0.435. The molecule has 0 aliphatic carbocycles. The minimum Gasteiger partial charge on any atom is -0.494 e. The van der Waals surface area contributed by atoms with Crippen LogP contribution in [0.25, 0.3) is 12.2 Å². The van der Waals surface area contributed by atoms with Crippen LogP contribution in [0.5, 0.6) is 5.75 Å². The zero-order valence-electron chi connectivity index (χ0n) is 18.3. The van der Waals surface area contributed by atoms with E-state index in [2.05, 4.69) is 5.32 Å². The number of aromatic nitrogens is 1. The molecule has 2 heterocycles. The van der Waals surface area contributed by atoms with E-state index in [9.17, 15) is 14.4 Å². The average Bonchev–Trinajstić information content (AvgIpc) is 3.38. The largest absolute Gasteiger partial charge is 0.494 e. The van der Waals surface area contributed by atoms with E-state index in [0.29, 0.717) is 29.0 Å². The van der Waals surface area contributed by atoms with Gasteiger partial charge >= 0.3 is 5.97 Å². The van der Waals surface area contributed by atoms with E-state index < -0.39 is 5.97 Å². The van der Waals surface area contributed by atoms with E-state index in [-0.39, 0.29) is 30.7 Å². The van der Waals surface area contributed by atoms with Crippen LogP contribution in [0.4, 0.5) is 0 Å². The third-order valence-corrected chi connectivity index (χ3v) is 5.87. The summed E-state index contributed by atoms with van der Waals surface area (Å²) < 4.78 is 18.0. The van der Waals surface area contributed by atoms with Crippen molar-refractivity contribution in [1.29, 1.82) is 0 Å². The molecule has 1 aliphatic rings. The van der Waals surface area contributed by atoms with Crippen LogP contribution in [0.1, 0.15) is 32.3 Å². The van der Waals surface area contributed by atoms with Gasteiger partial charge in [0, 0.05) is 13.2 Å². The van der Waals surface area contributed by atoms with Gasteiger partial charge in [-0.15, -0.1) is 11.3 Å². The fourth-order valence-electron chi connectivity index (χ4n) is 3.29. The van der Waals surface area contributed by atoms with Gasteiger partial charge in [-0.2, -0.15) is 0 Å². The van der Waals surface area contributed by atoms with Gasteiger partial charge in [-0.05, 0) is 50.5 Å². The molecule has 0 radical (unpaired) electrons. The lowest BCUT2D eigenvalue weighted by Gasteiger charge is -2.10. The van der Waals surface area contributed by atoms with Crippen molar-refractivity contribution in [3.05, 3.63) is 49.4 Å².